The number of aliphatic imine (C=N–C) groups is 1. The molecule has 0 radical (unpaired) electrons. The highest BCUT2D eigenvalue weighted by Gasteiger charge is 2.23. The summed E-state index contributed by atoms with van der Waals surface area (Å²) in [6.07, 6.45) is 10.1. The largest absolute Gasteiger partial charge is 0.362 e. The van der Waals surface area contributed by atoms with Crippen molar-refractivity contribution in [2.45, 2.75) is 45.7 Å². The lowest BCUT2D eigenvalue weighted by Gasteiger charge is -2.22. The Labute approximate surface area is 164 Å². The van der Waals surface area contributed by atoms with Crippen molar-refractivity contribution < 1.29 is 0 Å². The zero-order valence-electron chi connectivity index (χ0n) is 16.4. The zero-order chi connectivity index (χ0) is 19.1. The van der Waals surface area contributed by atoms with E-state index < -0.39 is 0 Å². The first-order chi connectivity index (χ1) is 13.7. The second kappa shape index (κ2) is 6.89. The van der Waals surface area contributed by atoms with Crippen LogP contribution < -0.4 is 10.2 Å². The fraction of sp³-hybridized carbons (Fsp3) is 0.429. The maximum atomic E-state index is 4.96. The third kappa shape index (κ3) is 3.00. The van der Waals surface area contributed by atoms with E-state index in [1.807, 2.05) is 38.5 Å². The smallest absolute Gasteiger partial charge is 0.160 e. The minimum absolute atomic E-state index is 0.0486. The predicted octanol–water partition coefficient (Wildman–Crippen LogP) is 3.14. The molecule has 1 atom stereocenters. The van der Waals surface area contributed by atoms with Gasteiger partial charge in [0, 0.05) is 31.2 Å². The fourth-order valence-electron chi connectivity index (χ4n) is 4.16. The molecule has 5 heterocycles. The molecule has 0 aromatic carbocycles. The van der Waals surface area contributed by atoms with Crippen LogP contribution in [-0.2, 0) is 6.42 Å². The van der Waals surface area contributed by atoms with Crippen LogP contribution in [0.1, 0.15) is 42.0 Å². The maximum Gasteiger partial charge on any atom is 0.160 e. The summed E-state index contributed by atoms with van der Waals surface area (Å²) in [5.74, 6) is 1.23. The Morgan fingerprint density at radius 2 is 2.00 bits per heavy atom. The second-order valence-electron chi connectivity index (χ2n) is 7.64. The van der Waals surface area contributed by atoms with E-state index in [1.54, 1.807) is 0 Å². The van der Waals surface area contributed by atoms with Crippen molar-refractivity contribution in [1.29, 1.82) is 0 Å². The number of pyridine rings is 1. The molecule has 3 aromatic heterocycles. The van der Waals surface area contributed by atoms with E-state index in [0.717, 1.165) is 60.0 Å². The van der Waals surface area contributed by atoms with Gasteiger partial charge in [-0.1, -0.05) is 0 Å². The highest BCUT2D eigenvalue weighted by molar-refractivity contribution is 5.87. The molecular weight excluding hydrogens is 350 g/mol. The van der Waals surface area contributed by atoms with Gasteiger partial charge < -0.3 is 10.2 Å². The van der Waals surface area contributed by atoms with Crippen molar-refractivity contribution in [2.75, 3.05) is 23.3 Å². The van der Waals surface area contributed by atoms with Crippen LogP contribution in [-0.4, -0.2) is 44.8 Å². The van der Waals surface area contributed by atoms with Crippen molar-refractivity contribution in [3.05, 3.63) is 47.3 Å². The summed E-state index contributed by atoms with van der Waals surface area (Å²) in [7, 11) is 0. The lowest BCUT2D eigenvalue weighted by Crippen LogP contribution is -2.24. The summed E-state index contributed by atoms with van der Waals surface area (Å²) in [6, 6.07) is 4.12. The molecule has 0 spiro atoms. The molecule has 7 heteroatoms. The third-order valence-corrected chi connectivity index (χ3v) is 5.59. The van der Waals surface area contributed by atoms with Crippen LogP contribution in [0.2, 0.25) is 0 Å². The molecule has 2 aliphatic heterocycles. The zero-order valence-corrected chi connectivity index (χ0v) is 16.4. The Morgan fingerprint density at radius 1 is 1.14 bits per heavy atom. The number of hydrogen-bond acceptors (Lipinski definition) is 6. The van der Waals surface area contributed by atoms with Gasteiger partial charge in [0.05, 0.1) is 23.3 Å². The van der Waals surface area contributed by atoms with Gasteiger partial charge in [0.1, 0.15) is 17.7 Å². The quantitative estimate of drug-likeness (QED) is 0.759. The van der Waals surface area contributed by atoms with Crippen LogP contribution >= 0.6 is 0 Å². The number of anilines is 2. The molecule has 3 aromatic rings. The Hall–Kier alpha value is -2.96. The minimum Gasteiger partial charge on any atom is -0.362 e. The average molecular weight is 375 g/mol. The Morgan fingerprint density at radius 3 is 2.86 bits per heavy atom. The predicted molar refractivity (Wildman–Crippen MR) is 111 cm³/mol. The van der Waals surface area contributed by atoms with Crippen molar-refractivity contribution in [3.8, 4) is 0 Å². The van der Waals surface area contributed by atoms with Gasteiger partial charge in [-0.05, 0) is 51.7 Å². The molecule has 0 bridgehead atoms. The van der Waals surface area contributed by atoms with Gasteiger partial charge in [0.25, 0.3) is 0 Å². The summed E-state index contributed by atoms with van der Waals surface area (Å²) >= 11 is 0. The molecule has 1 fully saturated rings. The molecule has 5 rings (SSSR count). The van der Waals surface area contributed by atoms with E-state index in [9.17, 15) is 0 Å². The molecule has 7 nitrogen and oxygen atoms in total. The second-order valence-corrected chi connectivity index (χ2v) is 7.64. The van der Waals surface area contributed by atoms with E-state index >= 15 is 0 Å². The highest BCUT2D eigenvalue weighted by Crippen LogP contribution is 2.29. The summed E-state index contributed by atoms with van der Waals surface area (Å²) in [6.45, 7) is 6.22. The molecule has 1 unspecified atom stereocenters. The number of aromatic nitrogens is 4. The molecule has 2 aliphatic rings. The van der Waals surface area contributed by atoms with Crippen LogP contribution in [0.5, 0.6) is 0 Å². The summed E-state index contributed by atoms with van der Waals surface area (Å²) < 4.78 is 2.21. The van der Waals surface area contributed by atoms with E-state index in [-0.39, 0.29) is 6.17 Å². The number of nitrogens with one attached hydrogen (secondary N) is 1. The molecule has 0 saturated carbocycles. The molecule has 1 N–H and O–H groups in total. The SMILES string of the molecule is Cc1ccc2c(n1)C=NC(CCc1nc3c(C)nccn3c1N1CCCC1)N2. The van der Waals surface area contributed by atoms with Crippen molar-refractivity contribution in [2.24, 2.45) is 4.99 Å². The summed E-state index contributed by atoms with van der Waals surface area (Å²) in [5.41, 5.74) is 6.06. The first kappa shape index (κ1) is 17.2. The van der Waals surface area contributed by atoms with Gasteiger partial charge in [0.2, 0.25) is 0 Å². The van der Waals surface area contributed by atoms with Crippen LogP contribution in [0, 0.1) is 13.8 Å². The molecule has 0 aliphatic carbocycles. The highest BCUT2D eigenvalue weighted by atomic mass is 15.3. The van der Waals surface area contributed by atoms with E-state index in [0.29, 0.717) is 0 Å². The summed E-state index contributed by atoms with van der Waals surface area (Å²) in [5, 5.41) is 3.51. The van der Waals surface area contributed by atoms with Crippen LogP contribution in [0.4, 0.5) is 11.5 Å². The van der Waals surface area contributed by atoms with Gasteiger partial charge in [-0.2, -0.15) is 0 Å². The molecule has 1 saturated heterocycles. The van der Waals surface area contributed by atoms with Crippen molar-refractivity contribution in [1.82, 2.24) is 19.4 Å². The maximum absolute atomic E-state index is 4.96. The lowest BCUT2D eigenvalue weighted by atomic mass is 10.1. The van der Waals surface area contributed by atoms with E-state index in [4.69, 9.17) is 4.98 Å². The number of hydrogen-bond donors (Lipinski definition) is 1. The fourth-order valence-corrected chi connectivity index (χ4v) is 4.16. The Bertz CT molecular complexity index is 1050. The molecule has 28 heavy (non-hydrogen) atoms. The topological polar surface area (TPSA) is 70.7 Å². The monoisotopic (exact) mass is 375 g/mol. The number of aryl methyl sites for hydroxylation is 3. The number of nitrogens with zero attached hydrogens (tertiary/aromatic N) is 6. The molecule has 144 valence electrons. The Balaban J connectivity index is 1.40. The lowest BCUT2D eigenvalue weighted by molar-refractivity contribution is 0.670. The van der Waals surface area contributed by atoms with Gasteiger partial charge >= 0.3 is 0 Å². The van der Waals surface area contributed by atoms with Gasteiger partial charge in [-0.25, -0.2) is 9.97 Å². The standard InChI is InChI=1S/C21H25N7/c1-14-5-6-16-18(24-14)13-23-19(25-16)8-7-17-21(27-10-3-4-11-27)28-12-9-22-15(2)20(28)26-17/h5-6,9,12-13,19,25H,3-4,7-8,10-11H2,1-2H3. The van der Waals surface area contributed by atoms with E-state index in [2.05, 4.69) is 35.6 Å². The van der Waals surface area contributed by atoms with Crippen LogP contribution in [0.3, 0.4) is 0 Å². The molecule has 0 amide bonds. The van der Waals surface area contributed by atoms with Gasteiger partial charge in [0.15, 0.2) is 5.65 Å². The van der Waals surface area contributed by atoms with E-state index in [1.165, 1.54) is 18.7 Å². The third-order valence-electron chi connectivity index (χ3n) is 5.59. The molecular formula is C21H25N7. The minimum atomic E-state index is 0.0486. The normalized spacial score (nSPS) is 18.5. The average Bonchev–Trinajstić information content (AvgIpc) is 3.34. The van der Waals surface area contributed by atoms with Gasteiger partial charge in [-0.3, -0.25) is 14.4 Å². The first-order valence-electron chi connectivity index (χ1n) is 10.0. The number of fused-ring (bicyclic) bond motifs is 2. The van der Waals surface area contributed by atoms with Gasteiger partial charge in [-0.15, -0.1) is 0 Å². The summed E-state index contributed by atoms with van der Waals surface area (Å²) in [4.78, 5) is 21.1. The number of rotatable bonds is 4. The first-order valence-corrected chi connectivity index (χ1v) is 10.0. The van der Waals surface area contributed by atoms with Crippen molar-refractivity contribution in [3.63, 3.8) is 0 Å². The Kier molecular flexibility index (Phi) is 4.22. The number of imidazole rings is 1. The van der Waals surface area contributed by atoms with Crippen LogP contribution in [0.15, 0.2) is 29.5 Å². The van der Waals surface area contributed by atoms with Crippen LogP contribution in [0.25, 0.3) is 5.65 Å². The van der Waals surface area contributed by atoms with Crippen molar-refractivity contribution >= 4 is 23.4 Å².